The zero-order chi connectivity index (χ0) is 11.8. The molecular weight excluding hydrogens is 202 g/mol. The molecule has 0 saturated heterocycles. The van der Waals surface area contributed by atoms with Gasteiger partial charge in [-0.1, -0.05) is 24.8 Å². The van der Waals surface area contributed by atoms with Gasteiger partial charge in [-0.25, -0.2) is 0 Å². The third kappa shape index (κ3) is 4.96. The Balaban J connectivity index is 2.35. The molecule has 1 atom stereocenters. The molecule has 16 heavy (non-hydrogen) atoms. The molecule has 2 N–H and O–H groups in total. The highest BCUT2D eigenvalue weighted by Crippen LogP contribution is 2.11. The number of hydrogen-bond acceptors (Lipinski definition) is 3. The molecule has 1 unspecified atom stereocenters. The standard InChI is InChI=1S/C13H19NO2/c1-3-8-16-13-6-4-12(5-7-13)10-14-9-11(2)15/h3-7,11,14-15H,1,8-10H2,2H3. The molecule has 0 bridgehead atoms. The molecule has 0 heterocycles. The Bertz CT molecular complexity index is 306. The van der Waals surface area contributed by atoms with Crippen LogP contribution in [0.1, 0.15) is 12.5 Å². The Kier molecular flexibility index (Phi) is 5.61. The molecule has 0 aliphatic carbocycles. The van der Waals surface area contributed by atoms with Crippen LogP contribution in [0.4, 0.5) is 0 Å². The molecule has 0 aliphatic rings. The Hall–Kier alpha value is -1.32. The third-order valence-corrected chi connectivity index (χ3v) is 2.06. The van der Waals surface area contributed by atoms with E-state index in [2.05, 4.69) is 11.9 Å². The van der Waals surface area contributed by atoms with E-state index < -0.39 is 0 Å². The second kappa shape index (κ2) is 7.04. The smallest absolute Gasteiger partial charge is 0.119 e. The average molecular weight is 221 g/mol. The summed E-state index contributed by atoms with van der Waals surface area (Å²) in [6, 6.07) is 7.88. The van der Waals surface area contributed by atoms with Gasteiger partial charge in [-0.2, -0.15) is 0 Å². The zero-order valence-corrected chi connectivity index (χ0v) is 9.65. The summed E-state index contributed by atoms with van der Waals surface area (Å²) in [5.74, 6) is 0.846. The first-order valence-corrected chi connectivity index (χ1v) is 5.44. The maximum atomic E-state index is 9.08. The van der Waals surface area contributed by atoms with Gasteiger partial charge in [0.15, 0.2) is 0 Å². The van der Waals surface area contributed by atoms with E-state index in [9.17, 15) is 0 Å². The van der Waals surface area contributed by atoms with E-state index in [0.717, 1.165) is 12.3 Å². The Labute approximate surface area is 96.8 Å². The van der Waals surface area contributed by atoms with Crippen molar-refractivity contribution in [3.8, 4) is 5.75 Å². The van der Waals surface area contributed by atoms with E-state index in [1.165, 1.54) is 5.56 Å². The normalized spacial score (nSPS) is 12.1. The van der Waals surface area contributed by atoms with E-state index in [-0.39, 0.29) is 6.10 Å². The fraction of sp³-hybridized carbons (Fsp3) is 0.385. The highest BCUT2D eigenvalue weighted by molar-refractivity contribution is 5.27. The van der Waals surface area contributed by atoms with Gasteiger partial charge in [-0.15, -0.1) is 0 Å². The molecule has 1 aromatic rings. The second-order valence-corrected chi connectivity index (χ2v) is 3.72. The summed E-state index contributed by atoms with van der Waals surface area (Å²) < 4.78 is 5.37. The van der Waals surface area contributed by atoms with Crippen LogP contribution in [0.15, 0.2) is 36.9 Å². The highest BCUT2D eigenvalue weighted by Gasteiger charge is 1.97. The summed E-state index contributed by atoms with van der Waals surface area (Å²) in [5.41, 5.74) is 1.17. The quantitative estimate of drug-likeness (QED) is 0.689. The molecule has 3 heteroatoms. The molecular formula is C13H19NO2. The van der Waals surface area contributed by atoms with Gasteiger partial charge in [0.05, 0.1) is 6.10 Å². The molecule has 1 aromatic carbocycles. The molecule has 0 fully saturated rings. The molecule has 3 nitrogen and oxygen atoms in total. The predicted molar refractivity (Wildman–Crippen MR) is 65.5 cm³/mol. The minimum atomic E-state index is -0.310. The van der Waals surface area contributed by atoms with Crippen LogP contribution in [-0.2, 0) is 6.54 Å². The van der Waals surface area contributed by atoms with Crippen molar-refractivity contribution in [3.63, 3.8) is 0 Å². The van der Waals surface area contributed by atoms with Crippen LogP contribution in [0.2, 0.25) is 0 Å². The van der Waals surface area contributed by atoms with Crippen molar-refractivity contribution < 1.29 is 9.84 Å². The van der Waals surface area contributed by atoms with Gasteiger partial charge in [0.25, 0.3) is 0 Å². The van der Waals surface area contributed by atoms with Crippen LogP contribution in [0.5, 0.6) is 5.75 Å². The molecule has 1 rings (SSSR count). The lowest BCUT2D eigenvalue weighted by molar-refractivity contribution is 0.191. The monoisotopic (exact) mass is 221 g/mol. The van der Waals surface area contributed by atoms with Gasteiger partial charge >= 0.3 is 0 Å². The summed E-state index contributed by atoms with van der Waals surface area (Å²) in [7, 11) is 0. The Morgan fingerprint density at radius 3 is 2.69 bits per heavy atom. The minimum absolute atomic E-state index is 0.310. The summed E-state index contributed by atoms with van der Waals surface area (Å²) in [6.07, 6.45) is 1.41. The van der Waals surface area contributed by atoms with E-state index in [1.54, 1.807) is 13.0 Å². The van der Waals surface area contributed by atoms with Crippen molar-refractivity contribution in [1.82, 2.24) is 5.32 Å². The van der Waals surface area contributed by atoms with Gasteiger partial charge < -0.3 is 15.2 Å². The summed E-state index contributed by atoms with van der Waals surface area (Å²) >= 11 is 0. The van der Waals surface area contributed by atoms with Crippen molar-refractivity contribution in [3.05, 3.63) is 42.5 Å². The minimum Gasteiger partial charge on any atom is -0.490 e. The number of ether oxygens (including phenoxy) is 1. The summed E-state index contributed by atoms with van der Waals surface area (Å²) in [4.78, 5) is 0. The topological polar surface area (TPSA) is 41.5 Å². The first kappa shape index (κ1) is 12.7. The van der Waals surface area contributed by atoms with Crippen molar-refractivity contribution in [2.75, 3.05) is 13.2 Å². The van der Waals surface area contributed by atoms with Crippen LogP contribution in [0.3, 0.4) is 0 Å². The third-order valence-electron chi connectivity index (χ3n) is 2.06. The number of nitrogens with one attached hydrogen (secondary N) is 1. The van der Waals surface area contributed by atoms with E-state index in [0.29, 0.717) is 13.2 Å². The summed E-state index contributed by atoms with van der Waals surface area (Å²) in [5, 5.41) is 12.2. The average Bonchev–Trinajstić information content (AvgIpc) is 2.27. The van der Waals surface area contributed by atoms with Gasteiger partial charge in [0.2, 0.25) is 0 Å². The van der Waals surface area contributed by atoms with Gasteiger partial charge in [-0.3, -0.25) is 0 Å². The van der Waals surface area contributed by atoms with Gasteiger partial charge in [-0.05, 0) is 24.6 Å². The van der Waals surface area contributed by atoms with E-state index >= 15 is 0 Å². The lowest BCUT2D eigenvalue weighted by atomic mass is 10.2. The predicted octanol–water partition coefficient (Wildman–Crippen LogP) is 1.72. The van der Waals surface area contributed by atoms with Crippen LogP contribution in [0.25, 0.3) is 0 Å². The Morgan fingerprint density at radius 1 is 1.44 bits per heavy atom. The number of aliphatic hydroxyl groups is 1. The summed E-state index contributed by atoms with van der Waals surface area (Å²) in [6.45, 7) is 7.24. The fourth-order valence-electron chi connectivity index (χ4n) is 1.28. The molecule has 0 spiro atoms. The van der Waals surface area contributed by atoms with Crippen LogP contribution < -0.4 is 10.1 Å². The van der Waals surface area contributed by atoms with Crippen molar-refractivity contribution in [1.29, 1.82) is 0 Å². The maximum absolute atomic E-state index is 9.08. The molecule has 88 valence electrons. The van der Waals surface area contributed by atoms with E-state index in [4.69, 9.17) is 9.84 Å². The van der Waals surface area contributed by atoms with Gasteiger partial charge in [0, 0.05) is 13.1 Å². The maximum Gasteiger partial charge on any atom is 0.119 e. The van der Waals surface area contributed by atoms with Crippen LogP contribution in [-0.4, -0.2) is 24.4 Å². The number of benzene rings is 1. The second-order valence-electron chi connectivity index (χ2n) is 3.72. The lowest BCUT2D eigenvalue weighted by Gasteiger charge is -2.08. The first-order valence-electron chi connectivity index (χ1n) is 5.44. The van der Waals surface area contributed by atoms with Crippen molar-refractivity contribution in [2.45, 2.75) is 19.6 Å². The van der Waals surface area contributed by atoms with Crippen LogP contribution >= 0.6 is 0 Å². The molecule has 0 saturated carbocycles. The van der Waals surface area contributed by atoms with E-state index in [1.807, 2.05) is 24.3 Å². The molecule has 0 radical (unpaired) electrons. The lowest BCUT2D eigenvalue weighted by Crippen LogP contribution is -2.23. The highest BCUT2D eigenvalue weighted by atomic mass is 16.5. The fourth-order valence-corrected chi connectivity index (χ4v) is 1.28. The number of hydrogen-bond donors (Lipinski definition) is 2. The Morgan fingerprint density at radius 2 is 2.12 bits per heavy atom. The van der Waals surface area contributed by atoms with Gasteiger partial charge in [0.1, 0.15) is 12.4 Å². The SMILES string of the molecule is C=CCOc1ccc(CNCC(C)O)cc1. The molecule has 0 amide bonds. The zero-order valence-electron chi connectivity index (χ0n) is 9.65. The molecule has 0 aromatic heterocycles. The van der Waals surface area contributed by atoms with Crippen molar-refractivity contribution >= 4 is 0 Å². The number of aliphatic hydroxyl groups excluding tert-OH is 1. The largest absolute Gasteiger partial charge is 0.490 e. The van der Waals surface area contributed by atoms with Crippen LogP contribution in [0, 0.1) is 0 Å². The number of rotatable bonds is 7. The molecule has 0 aliphatic heterocycles. The first-order chi connectivity index (χ1) is 7.72. The van der Waals surface area contributed by atoms with Crippen molar-refractivity contribution in [2.24, 2.45) is 0 Å².